The topological polar surface area (TPSA) is 38.9 Å². The van der Waals surface area contributed by atoms with Crippen LogP contribution in [0.3, 0.4) is 0 Å². The number of nitrogens with zero attached hydrogens (tertiary/aromatic N) is 1. The first-order valence-corrected chi connectivity index (χ1v) is 3.82. The third-order valence-electron chi connectivity index (χ3n) is 1.11. The van der Waals surface area contributed by atoms with Crippen molar-refractivity contribution in [2.45, 2.75) is 6.54 Å². The van der Waals surface area contributed by atoms with Crippen LogP contribution in [0.15, 0.2) is 12.3 Å². The van der Waals surface area contributed by atoms with Crippen LogP contribution in [0.1, 0.15) is 5.69 Å². The van der Waals surface area contributed by atoms with Crippen molar-refractivity contribution < 1.29 is 4.39 Å². The second-order valence-corrected chi connectivity index (χ2v) is 2.92. The fourth-order valence-corrected chi connectivity index (χ4v) is 1.07. The monoisotopic (exact) mass is 288 g/mol. The molecule has 1 heterocycles. The first-order valence-electron chi connectivity index (χ1n) is 2.74. The lowest BCUT2D eigenvalue weighted by Gasteiger charge is -1.98. The summed E-state index contributed by atoms with van der Waals surface area (Å²) in [7, 11) is 0. The van der Waals surface area contributed by atoms with Crippen molar-refractivity contribution in [3.05, 3.63) is 27.3 Å². The van der Waals surface area contributed by atoms with Crippen LogP contribution < -0.4 is 5.73 Å². The summed E-state index contributed by atoms with van der Waals surface area (Å²) in [6.45, 7) is 0.155. The van der Waals surface area contributed by atoms with E-state index in [1.165, 1.54) is 0 Å². The molecule has 0 radical (unpaired) electrons. The Labute approximate surface area is 83.9 Å². The highest BCUT2D eigenvalue weighted by molar-refractivity contribution is 14.1. The SMILES string of the molecule is Cl.NCc1nccc(I)c1F. The van der Waals surface area contributed by atoms with E-state index >= 15 is 0 Å². The minimum atomic E-state index is -0.300. The van der Waals surface area contributed by atoms with Crippen molar-refractivity contribution in [2.75, 3.05) is 0 Å². The number of hydrogen-bond acceptors (Lipinski definition) is 2. The summed E-state index contributed by atoms with van der Waals surface area (Å²) in [4.78, 5) is 3.75. The van der Waals surface area contributed by atoms with Crippen LogP contribution in [0.25, 0.3) is 0 Å². The van der Waals surface area contributed by atoms with Crippen molar-refractivity contribution in [3.63, 3.8) is 0 Å². The molecule has 0 aliphatic carbocycles. The van der Waals surface area contributed by atoms with Gasteiger partial charge in [-0.05, 0) is 28.7 Å². The summed E-state index contributed by atoms with van der Waals surface area (Å²) >= 11 is 1.90. The zero-order chi connectivity index (χ0) is 7.56. The van der Waals surface area contributed by atoms with E-state index in [9.17, 15) is 4.39 Å². The zero-order valence-corrected chi connectivity index (χ0v) is 8.52. The lowest BCUT2D eigenvalue weighted by Crippen LogP contribution is -2.03. The van der Waals surface area contributed by atoms with Gasteiger partial charge in [0.1, 0.15) is 0 Å². The molecule has 0 aliphatic heterocycles. The molecule has 5 heteroatoms. The van der Waals surface area contributed by atoms with E-state index in [-0.39, 0.29) is 24.8 Å². The molecule has 1 aromatic rings. The number of pyridine rings is 1. The highest BCUT2D eigenvalue weighted by atomic mass is 127. The van der Waals surface area contributed by atoms with Gasteiger partial charge < -0.3 is 5.73 Å². The van der Waals surface area contributed by atoms with Gasteiger partial charge in [0.05, 0.1) is 9.26 Å². The van der Waals surface area contributed by atoms with Crippen LogP contribution in [-0.2, 0) is 6.54 Å². The third-order valence-corrected chi connectivity index (χ3v) is 1.94. The van der Waals surface area contributed by atoms with E-state index in [0.29, 0.717) is 9.26 Å². The maximum atomic E-state index is 12.9. The summed E-state index contributed by atoms with van der Waals surface area (Å²) in [5, 5.41) is 0. The van der Waals surface area contributed by atoms with E-state index in [2.05, 4.69) is 4.98 Å². The van der Waals surface area contributed by atoms with Crippen LogP contribution >= 0.6 is 35.0 Å². The molecule has 2 nitrogen and oxygen atoms in total. The Bertz CT molecular complexity index is 244. The Kier molecular flexibility index (Phi) is 4.87. The van der Waals surface area contributed by atoms with Crippen molar-refractivity contribution in [2.24, 2.45) is 5.73 Å². The lowest BCUT2D eigenvalue weighted by atomic mass is 10.3. The van der Waals surface area contributed by atoms with E-state index in [0.717, 1.165) is 0 Å². The quantitative estimate of drug-likeness (QED) is 0.799. The molecule has 11 heavy (non-hydrogen) atoms. The zero-order valence-electron chi connectivity index (χ0n) is 5.55. The largest absolute Gasteiger partial charge is 0.325 e. The average Bonchev–Trinajstić information content (AvgIpc) is 1.95. The molecule has 2 N–H and O–H groups in total. The molecule has 0 amide bonds. The first-order chi connectivity index (χ1) is 4.75. The molecule has 0 bridgehead atoms. The van der Waals surface area contributed by atoms with Crippen LogP contribution in [-0.4, -0.2) is 4.98 Å². The Balaban J connectivity index is 0.000001000. The standard InChI is InChI=1S/C6H6FIN2.ClH/c7-6-4(8)1-2-10-5(6)3-9;/h1-2H,3,9H2;1H. The van der Waals surface area contributed by atoms with Crippen molar-refractivity contribution in [1.82, 2.24) is 4.98 Å². The Morgan fingerprint density at radius 2 is 2.27 bits per heavy atom. The van der Waals surface area contributed by atoms with Gasteiger partial charge in [0.25, 0.3) is 0 Å². The van der Waals surface area contributed by atoms with Gasteiger partial charge in [0.15, 0.2) is 5.82 Å². The van der Waals surface area contributed by atoms with Crippen molar-refractivity contribution in [1.29, 1.82) is 0 Å². The summed E-state index contributed by atoms with van der Waals surface area (Å²) in [5.74, 6) is -0.300. The van der Waals surface area contributed by atoms with Crippen LogP contribution in [0.4, 0.5) is 4.39 Å². The van der Waals surface area contributed by atoms with Gasteiger partial charge in [-0.1, -0.05) is 0 Å². The minimum absolute atomic E-state index is 0. The van der Waals surface area contributed by atoms with Crippen molar-refractivity contribution in [3.8, 4) is 0 Å². The predicted molar refractivity (Wildman–Crippen MR) is 52.1 cm³/mol. The van der Waals surface area contributed by atoms with E-state index in [1.54, 1.807) is 12.3 Å². The molecule has 0 fully saturated rings. The second kappa shape index (κ2) is 4.84. The van der Waals surface area contributed by atoms with Crippen LogP contribution in [0, 0.1) is 9.39 Å². The van der Waals surface area contributed by atoms with Gasteiger partial charge in [-0.15, -0.1) is 12.4 Å². The van der Waals surface area contributed by atoms with Crippen LogP contribution in [0.5, 0.6) is 0 Å². The van der Waals surface area contributed by atoms with E-state index in [1.807, 2.05) is 22.6 Å². The smallest absolute Gasteiger partial charge is 0.159 e. The minimum Gasteiger partial charge on any atom is -0.325 e. The highest BCUT2D eigenvalue weighted by Crippen LogP contribution is 2.11. The Morgan fingerprint density at radius 1 is 1.64 bits per heavy atom. The lowest BCUT2D eigenvalue weighted by molar-refractivity contribution is 0.592. The molecule has 0 spiro atoms. The van der Waals surface area contributed by atoms with Gasteiger partial charge in [-0.2, -0.15) is 0 Å². The maximum absolute atomic E-state index is 12.9. The van der Waals surface area contributed by atoms with Crippen LogP contribution in [0.2, 0.25) is 0 Å². The number of aromatic nitrogens is 1. The Morgan fingerprint density at radius 3 is 2.73 bits per heavy atom. The molecular formula is C6H7ClFIN2. The normalized spacial score (nSPS) is 9.00. The van der Waals surface area contributed by atoms with Gasteiger partial charge >= 0.3 is 0 Å². The third kappa shape index (κ3) is 2.53. The van der Waals surface area contributed by atoms with Gasteiger partial charge in [0, 0.05) is 12.7 Å². The molecular weight excluding hydrogens is 281 g/mol. The average molecular weight is 288 g/mol. The number of nitrogens with two attached hydrogens (primary N) is 1. The van der Waals surface area contributed by atoms with Gasteiger partial charge in [-0.3, -0.25) is 4.98 Å². The van der Waals surface area contributed by atoms with Crippen molar-refractivity contribution >= 4 is 35.0 Å². The molecule has 0 atom stereocenters. The molecule has 0 aliphatic rings. The predicted octanol–water partition coefficient (Wildman–Crippen LogP) is 1.71. The molecule has 1 rings (SSSR count). The van der Waals surface area contributed by atoms with Gasteiger partial charge in [0.2, 0.25) is 0 Å². The molecule has 1 aromatic heterocycles. The second-order valence-electron chi connectivity index (χ2n) is 1.76. The van der Waals surface area contributed by atoms with E-state index in [4.69, 9.17) is 5.73 Å². The van der Waals surface area contributed by atoms with E-state index < -0.39 is 0 Å². The maximum Gasteiger partial charge on any atom is 0.159 e. The number of rotatable bonds is 1. The summed E-state index contributed by atoms with van der Waals surface area (Å²) in [5.41, 5.74) is 5.54. The summed E-state index contributed by atoms with van der Waals surface area (Å²) < 4.78 is 13.4. The molecule has 0 saturated heterocycles. The fourth-order valence-electron chi connectivity index (χ4n) is 0.603. The summed E-state index contributed by atoms with van der Waals surface area (Å²) in [6, 6.07) is 1.61. The molecule has 0 aromatic carbocycles. The molecule has 0 unspecified atom stereocenters. The fraction of sp³-hybridized carbons (Fsp3) is 0.167. The molecule has 0 saturated carbocycles. The number of halogens is 3. The molecule has 62 valence electrons. The number of hydrogen-bond donors (Lipinski definition) is 1. The first kappa shape index (κ1) is 11.1. The Hall–Kier alpha value is 0.0600. The van der Waals surface area contributed by atoms with Gasteiger partial charge in [-0.25, -0.2) is 4.39 Å². The summed E-state index contributed by atoms with van der Waals surface area (Å²) in [6.07, 6.45) is 1.55. The highest BCUT2D eigenvalue weighted by Gasteiger charge is 2.03.